The number of unbranched alkanes of at least 4 members (excludes halogenated alkanes) is 2. The number of carboxylic acid groups (broad SMARTS) is 1. The molecule has 8 heteroatoms. The van der Waals surface area contributed by atoms with Crippen molar-refractivity contribution >= 4 is 12.0 Å². The second kappa shape index (κ2) is 10.8. The molecule has 0 saturated heterocycles. The highest BCUT2D eigenvalue weighted by atomic mass is 19.1. The van der Waals surface area contributed by atoms with Gasteiger partial charge in [-0.2, -0.15) is 0 Å². The SMILES string of the molecule is COc1cc2c(cc1OC)C(c1ccc(F)cc1)N(C(=O)NCCCCCC(=O)O)CC2. The highest BCUT2D eigenvalue weighted by molar-refractivity contribution is 5.76. The topological polar surface area (TPSA) is 88.1 Å². The van der Waals surface area contributed by atoms with Crippen LogP contribution in [0.2, 0.25) is 0 Å². The van der Waals surface area contributed by atoms with Gasteiger partial charge in [0, 0.05) is 19.5 Å². The summed E-state index contributed by atoms with van der Waals surface area (Å²) in [7, 11) is 3.15. The van der Waals surface area contributed by atoms with Crippen LogP contribution in [0.15, 0.2) is 36.4 Å². The van der Waals surface area contributed by atoms with Gasteiger partial charge < -0.3 is 24.8 Å². The van der Waals surface area contributed by atoms with E-state index in [4.69, 9.17) is 14.6 Å². The molecule has 0 aromatic heterocycles. The quantitative estimate of drug-likeness (QED) is 0.568. The number of benzene rings is 2. The lowest BCUT2D eigenvalue weighted by Gasteiger charge is -2.38. The molecule has 172 valence electrons. The number of ether oxygens (including phenoxy) is 2. The fraction of sp³-hybridized carbons (Fsp3) is 0.417. The zero-order chi connectivity index (χ0) is 23.1. The van der Waals surface area contributed by atoms with E-state index in [-0.39, 0.29) is 18.3 Å². The smallest absolute Gasteiger partial charge is 0.318 e. The van der Waals surface area contributed by atoms with Crippen molar-refractivity contribution in [1.29, 1.82) is 0 Å². The number of aliphatic carboxylic acids is 1. The molecule has 0 spiro atoms. The molecule has 0 radical (unpaired) electrons. The summed E-state index contributed by atoms with van der Waals surface area (Å²) in [6, 6.07) is 9.38. The number of fused-ring (bicyclic) bond motifs is 1. The van der Waals surface area contributed by atoms with Gasteiger partial charge in [0.05, 0.1) is 20.3 Å². The van der Waals surface area contributed by atoms with Gasteiger partial charge in [0.2, 0.25) is 0 Å². The molecule has 1 heterocycles. The zero-order valence-electron chi connectivity index (χ0n) is 18.4. The van der Waals surface area contributed by atoms with Crippen LogP contribution in [0.1, 0.15) is 48.4 Å². The van der Waals surface area contributed by atoms with Crippen LogP contribution in [0.5, 0.6) is 11.5 Å². The van der Waals surface area contributed by atoms with Gasteiger partial charge in [-0.1, -0.05) is 18.6 Å². The summed E-state index contributed by atoms with van der Waals surface area (Å²) in [5.74, 6) is 0.0482. The molecule has 0 fully saturated rings. The number of rotatable bonds is 9. The molecule has 0 aliphatic carbocycles. The molecular formula is C24H29FN2O5. The predicted octanol–water partition coefficient (Wildman–Crippen LogP) is 4.15. The van der Waals surface area contributed by atoms with Gasteiger partial charge >= 0.3 is 12.0 Å². The molecule has 2 N–H and O–H groups in total. The van der Waals surface area contributed by atoms with Gasteiger partial charge in [-0.05, 0) is 60.2 Å². The van der Waals surface area contributed by atoms with Crippen LogP contribution >= 0.6 is 0 Å². The highest BCUT2D eigenvalue weighted by Crippen LogP contribution is 2.41. The van der Waals surface area contributed by atoms with E-state index in [1.165, 1.54) is 12.1 Å². The monoisotopic (exact) mass is 444 g/mol. The Balaban J connectivity index is 1.82. The molecule has 2 amide bonds. The predicted molar refractivity (Wildman–Crippen MR) is 118 cm³/mol. The van der Waals surface area contributed by atoms with Gasteiger partial charge in [-0.25, -0.2) is 9.18 Å². The number of carbonyl (C=O) groups is 2. The van der Waals surface area contributed by atoms with E-state index in [1.54, 1.807) is 31.3 Å². The Morgan fingerprint density at radius 3 is 2.44 bits per heavy atom. The second-order valence-corrected chi connectivity index (χ2v) is 7.74. The van der Waals surface area contributed by atoms with E-state index in [9.17, 15) is 14.0 Å². The summed E-state index contributed by atoms with van der Waals surface area (Å²) in [4.78, 5) is 25.4. The van der Waals surface area contributed by atoms with Gasteiger partial charge in [0.1, 0.15) is 5.82 Å². The molecule has 1 unspecified atom stereocenters. The maximum Gasteiger partial charge on any atom is 0.318 e. The summed E-state index contributed by atoms with van der Waals surface area (Å²) >= 11 is 0. The van der Waals surface area contributed by atoms with E-state index in [0.717, 1.165) is 23.1 Å². The molecule has 1 aliphatic rings. The first-order valence-electron chi connectivity index (χ1n) is 10.7. The van der Waals surface area contributed by atoms with E-state index in [0.29, 0.717) is 43.9 Å². The fourth-order valence-corrected chi connectivity index (χ4v) is 4.04. The van der Waals surface area contributed by atoms with Crippen LogP contribution in [-0.2, 0) is 11.2 Å². The summed E-state index contributed by atoms with van der Waals surface area (Å²) in [5.41, 5.74) is 2.77. The third-order valence-corrected chi connectivity index (χ3v) is 5.66. The average molecular weight is 445 g/mol. The molecule has 1 aliphatic heterocycles. The molecule has 3 rings (SSSR count). The van der Waals surface area contributed by atoms with E-state index < -0.39 is 12.0 Å². The number of hydrogen-bond donors (Lipinski definition) is 2. The third kappa shape index (κ3) is 5.49. The molecule has 2 aromatic rings. The van der Waals surface area contributed by atoms with Crippen molar-refractivity contribution in [3.05, 3.63) is 58.9 Å². The first-order chi connectivity index (χ1) is 15.4. The van der Waals surface area contributed by atoms with Gasteiger partial charge in [-0.15, -0.1) is 0 Å². The van der Waals surface area contributed by atoms with Gasteiger partial charge in [0.15, 0.2) is 11.5 Å². The Labute approximate surface area is 187 Å². The number of urea groups is 1. The lowest BCUT2D eigenvalue weighted by atomic mass is 9.88. The molecule has 0 saturated carbocycles. The average Bonchev–Trinajstić information content (AvgIpc) is 2.79. The Morgan fingerprint density at radius 2 is 1.78 bits per heavy atom. The number of nitrogens with one attached hydrogen (secondary N) is 1. The number of methoxy groups -OCH3 is 2. The van der Waals surface area contributed by atoms with Crippen molar-refractivity contribution in [3.8, 4) is 11.5 Å². The minimum Gasteiger partial charge on any atom is -0.493 e. The highest BCUT2D eigenvalue weighted by Gasteiger charge is 2.33. The first-order valence-corrected chi connectivity index (χ1v) is 10.7. The minimum atomic E-state index is -0.810. The molecule has 32 heavy (non-hydrogen) atoms. The van der Waals surface area contributed by atoms with Crippen molar-refractivity contribution in [2.24, 2.45) is 0 Å². The summed E-state index contributed by atoms with van der Waals surface area (Å²) in [6.45, 7) is 0.958. The first kappa shape index (κ1) is 23.4. The van der Waals surface area contributed by atoms with Gasteiger partial charge in [-0.3, -0.25) is 4.79 Å². The number of carbonyl (C=O) groups excluding carboxylic acids is 1. The van der Waals surface area contributed by atoms with Crippen LogP contribution in [0.4, 0.5) is 9.18 Å². The Kier molecular flexibility index (Phi) is 7.92. The van der Waals surface area contributed by atoms with Crippen molar-refractivity contribution < 1.29 is 28.6 Å². The van der Waals surface area contributed by atoms with E-state index >= 15 is 0 Å². The second-order valence-electron chi connectivity index (χ2n) is 7.74. The number of nitrogens with zero attached hydrogens (tertiary/aromatic N) is 1. The molecule has 1 atom stereocenters. The van der Waals surface area contributed by atoms with Crippen molar-refractivity contribution in [3.63, 3.8) is 0 Å². The van der Waals surface area contributed by atoms with Crippen molar-refractivity contribution in [2.75, 3.05) is 27.3 Å². The summed E-state index contributed by atoms with van der Waals surface area (Å²) < 4.78 is 24.5. The van der Waals surface area contributed by atoms with Crippen LogP contribution in [0.25, 0.3) is 0 Å². The molecule has 2 aromatic carbocycles. The van der Waals surface area contributed by atoms with Crippen LogP contribution < -0.4 is 14.8 Å². The maximum absolute atomic E-state index is 13.6. The number of carboxylic acids is 1. The van der Waals surface area contributed by atoms with Crippen LogP contribution in [0, 0.1) is 5.82 Å². The normalized spacial score (nSPS) is 15.1. The van der Waals surface area contributed by atoms with Gasteiger partial charge in [0.25, 0.3) is 0 Å². The Hall–Kier alpha value is -3.29. The molecule has 0 bridgehead atoms. The van der Waals surface area contributed by atoms with Crippen molar-refractivity contribution in [1.82, 2.24) is 10.2 Å². The lowest BCUT2D eigenvalue weighted by Crippen LogP contribution is -2.46. The zero-order valence-corrected chi connectivity index (χ0v) is 18.4. The number of hydrogen-bond acceptors (Lipinski definition) is 4. The standard InChI is InChI=1S/C24H29FN2O5/c1-31-20-14-17-11-13-27(24(30)26-12-5-3-4-6-22(28)29)23(19(17)15-21(20)32-2)16-7-9-18(25)10-8-16/h7-10,14-15,23H,3-6,11-13H2,1-2H3,(H,26,30)(H,28,29). The van der Waals surface area contributed by atoms with Crippen LogP contribution in [-0.4, -0.2) is 49.3 Å². The third-order valence-electron chi connectivity index (χ3n) is 5.66. The maximum atomic E-state index is 13.6. The van der Waals surface area contributed by atoms with Crippen LogP contribution in [0.3, 0.4) is 0 Å². The molecular weight excluding hydrogens is 415 g/mol. The fourth-order valence-electron chi connectivity index (χ4n) is 4.04. The van der Waals surface area contributed by atoms with E-state index in [1.807, 2.05) is 12.1 Å². The lowest BCUT2D eigenvalue weighted by molar-refractivity contribution is -0.137. The number of halogens is 1. The Bertz CT molecular complexity index is 948. The largest absolute Gasteiger partial charge is 0.493 e. The number of amides is 2. The molecule has 7 nitrogen and oxygen atoms in total. The van der Waals surface area contributed by atoms with E-state index in [2.05, 4.69) is 5.32 Å². The minimum absolute atomic E-state index is 0.134. The summed E-state index contributed by atoms with van der Waals surface area (Å²) in [6.07, 6.45) is 2.81. The Morgan fingerprint density at radius 1 is 1.09 bits per heavy atom. The van der Waals surface area contributed by atoms with Crippen molar-refractivity contribution in [2.45, 2.75) is 38.1 Å². The summed E-state index contributed by atoms with van der Waals surface area (Å²) in [5, 5.41) is 11.7.